The van der Waals surface area contributed by atoms with Crippen molar-refractivity contribution in [2.75, 3.05) is 46.6 Å². The highest BCUT2D eigenvalue weighted by molar-refractivity contribution is 4.84. The van der Waals surface area contributed by atoms with E-state index in [4.69, 9.17) is 9.47 Å². The van der Waals surface area contributed by atoms with Crippen molar-refractivity contribution in [1.29, 1.82) is 0 Å². The Morgan fingerprint density at radius 1 is 1.18 bits per heavy atom. The molecule has 2 fully saturated rings. The molecule has 0 bridgehead atoms. The zero-order chi connectivity index (χ0) is 12.1. The van der Waals surface area contributed by atoms with Crippen LogP contribution in [0.4, 0.5) is 0 Å². The van der Waals surface area contributed by atoms with Crippen LogP contribution in [-0.4, -0.2) is 52.6 Å². The van der Waals surface area contributed by atoms with Gasteiger partial charge in [-0.15, -0.1) is 0 Å². The van der Waals surface area contributed by atoms with Gasteiger partial charge in [-0.2, -0.15) is 0 Å². The number of rotatable bonds is 5. The van der Waals surface area contributed by atoms with Crippen LogP contribution >= 0.6 is 0 Å². The van der Waals surface area contributed by atoms with Crippen molar-refractivity contribution in [2.45, 2.75) is 25.8 Å². The minimum atomic E-state index is 0.423. The molecule has 2 unspecified atom stereocenters. The zero-order valence-electron chi connectivity index (χ0n) is 11.1. The fraction of sp³-hybridized carbons (Fsp3) is 1.00. The molecule has 0 aliphatic carbocycles. The Kier molecular flexibility index (Phi) is 4.79. The van der Waals surface area contributed by atoms with Gasteiger partial charge in [0.25, 0.3) is 0 Å². The fourth-order valence-electron chi connectivity index (χ4n) is 2.72. The Morgan fingerprint density at radius 3 is 2.65 bits per heavy atom. The van der Waals surface area contributed by atoms with Gasteiger partial charge in [0.1, 0.15) is 0 Å². The number of likely N-dealkylation sites (N-methyl/N-ethyl adjacent to an activating group) is 1. The molecule has 2 aliphatic rings. The molecule has 2 saturated heterocycles. The maximum atomic E-state index is 5.51. The molecule has 0 saturated carbocycles. The third-order valence-electron chi connectivity index (χ3n) is 4.23. The smallest absolute Gasteiger partial charge is 0.0623 e. The van der Waals surface area contributed by atoms with Crippen LogP contribution in [0.2, 0.25) is 0 Å². The van der Waals surface area contributed by atoms with Crippen LogP contribution in [-0.2, 0) is 9.47 Å². The van der Waals surface area contributed by atoms with E-state index in [0.717, 1.165) is 39.5 Å². The molecular weight excluding hydrogens is 216 g/mol. The predicted molar refractivity (Wildman–Crippen MR) is 68.2 cm³/mol. The molecule has 0 aromatic carbocycles. The van der Waals surface area contributed by atoms with E-state index in [9.17, 15) is 0 Å². The molecule has 0 amide bonds. The lowest BCUT2D eigenvalue weighted by Crippen LogP contribution is -2.42. The Morgan fingerprint density at radius 2 is 1.94 bits per heavy atom. The lowest BCUT2D eigenvalue weighted by atomic mass is 9.82. The van der Waals surface area contributed by atoms with Gasteiger partial charge in [0, 0.05) is 38.3 Å². The fourth-order valence-corrected chi connectivity index (χ4v) is 2.72. The molecule has 0 radical (unpaired) electrons. The highest BCUT2D eigenvalue weighted by atomic mass is 16.5. The summed E-state index contributed by atoms with van der Waals surface area (Å²) in [5, 5.41) is 6.95. The molecule has 100 valence electrons. The largest absolute Gasteiger partial charge is 0.381 e. The minimum absolute atomic E-state index is 0.423. The van der Waals surface area contributed by atoms with E-state index in [0.29, 0.717) is 17.4 Å². The van der Waals surface area contributed by atoms with Crippen molar-refractivity contribution >= 4 is 0 Å². The SMILES string of the molecule is CNC1COCC1CNCC1(C)CCOCC1. The van der Waals surface area contributed by atoms with Crippen LogP contribution in [0.3, 0.4) is 0 Å². The Balaban J connectivity index is 1.68. The molecule has 0 spiro atoms. The summed E-state index contributed by atoms with van der Waals surface area (Å²) in [4.78, 5) is 0. The molecule has 4 heteroatoms. The summed E-state index contributed by atoms with van der Waals surface area (Å²) in [6.45, 7) is 8.11. The summed E-state index contributed by atoms with van der Waals surface area (Å²) in [5.41, 5.74) is 0.423. The average Bonchev–Trinajstić information content (AvgIpc) is 2.77. The van der Waals surface area contributed by atoms with Crippen molar-refractivity contribution < 1.29 is 9.47 Å². The van der Waals surface area contributed by atoms with Crippen LogP contribution in [0.25, 0.3) is 0 Å². The van der Waals surface area contributed by atoms with Crippen LogP contribution in [0.1, 0.15) is 19.8 Å². The Labute approximate surface area is 104 Å². The van der Waals surface area contributed by atoms with Crippen molar-refractivity contribution in [3.8, 4) is 0 Å². The van der Waals surface area contributed by atoms with Gasteiger partial charge in [-0.3, -0.25) is 0 Å². The second-order valence-electron chi connectivity index (χ2n) is 5.75. The molecule has 2 aliphatic heterocycles. The van der Waals surface area contributed by atoms with E-state index in [1.807, 2.05) is 7.05 Å². The van der Waals surface area contributed by atoms with Crippen LogP contribution in [0.5, 0.6) is 0 Å². The molecule has 2 atom stereocenters. The highest BCUT2D eigenvalue weighted by Crippen LogP contribution is 2.28. The van der Waals surface area contributed by atoms with E-state index in [1.165, 1.54) is 12.8 Å². The quantitative estimate of drug-likeness (QED) is 0.742. The number of hydrogen-bond acceptors (Lipinski definition) is 4. The van der Waals surface area contributed by atoms with E-state index in [-0.39, 0.29) is 0 Å². The van der Waals surface area contributed by atoms with E-state index >= 15 is 0 Å². The van der Waals surface area contributed by atoms with Crippen molar-refractivity contribution in [1.82, 2.24) is 10.6 Å². The van der Waals surface area contributed by atoms with Gasteiger partial charge in [0.05, 0.1) is 13.2 Å². The first-order valence-corrected chi connectivity index (χ1v) is 6.77. The molecule has 2 N–H and O–H groups in total. The number of hydrogen-bond donors (Lipinski definition) is 2. The molecule has 2 rings (SSSR count). The first-order chi connectivity index (χ1) is 8.23. The van der Waals surface area contributed by atoms with Crippen LogP contribution in [0.15, 0.2) is 0 Å². The summed E-state index contributed by atoms with van der Waals surface area (Å²) in [6, 6.07) is 0.519. The topological polar surface area (TPSA) is 42.5 Å². The zero-order valence-corrected chi connectivity index (χ0v) is 11.1. The van der Waals surface area contributed by atoms with Crippen molar-refractivity contribution in [3.05, 3.63) is 0 Å². The van der Waals surface area contributed by atoms with E-state index in [1.54, 1.807) is 0 Å². The van der Waals surface area contributed by atoms with E-state index in [2.05, 4.69) is 17.6 Å². The van der Waals surface area contributed by atoms with Crippen LogP contribution < -0.4 is 10.6 Å². The minimum Gasteiger partial charge on any atom is -0.381 e. The predicted octanol–water partition coefficient (Wildman–Crippen LogP) is 0.627. The van der Waals surface area contributed by atoms with Gasteiger partial charge >= 0.3 is 0 Å². The maximum absolute atomic E-state index is 5.51. The molecule has 0 aromatic heterocycles. The van der Waals surface area contributed by atoms with Gasteiger partial charge in [-0.1, -0.05) is 6.92 Å². The monoisotopic (exact) mass is 242 g/mol. The number of ether oxygens (including phenoxy) is 2. The second-order valence-corrected chi connectivity index (χ2v) is 5.75. The van der Waals surface area contributed by atoms with Crippen molar-refractivity contribution in [3.63, 3.8) is 0 Å². The first kappa shape index (κ1) is 13.3. The summed E-state index contributed by atoms with van der Waals surface area (Å²) < 4.78 is 10.9. The van der Waals surface area contributed by atoms with Gasteiger partial charge in [-0.25, -0.2) is 0 Å². The molecule has 4 nitrogen and oxygen atoms in total. The molecule has 2 heterocycles. The van der Waals surface area contributed by atoms with Gasteiger partial charge in [0.2, 0.25) is 0 Å². The van der Waals surface area contributed by atoms with Gasteiger partial charge in [-0.05, 0) is 25.3 Å². The molecular formula is C13H26N2O2. The van der Waals surface area contributed by atoms with Crippen LogP contribution in [0, 0.1) is 11.3 Å². The summed E-state index contributed by atoms with van der Waals surface area (Å²) >= 11 is 0. The second kappa shape index (κ2) is 6.14. The lowest BCUT2D eigenvalue weighted by molar-refractivity contribution is 0.0236. The van der Waals surface area contributed by atoms with Gasteiger partial charge in [0.15, 0.2) is 0 Å². The average molecular weight is 242 g/mol. The Bertz CT molecular complexity index is 229. The lowest BCUT2D eigenvalue weighted by Gasteiger charge is -2.34. The normalized spacial score (nSPS) is 32.8. The number of nitrogens with one attached hydrogen (secondary N) is 2. The standard InChI is InChI=1S/C13H26N2O2/c1-13(3-5-16-6-4-13)10-15-7-11-8-17-9-12(11)14-2/h11-12,14-15H,3-10H2,1-2H3. The van der Waals surface area contributed by atoms with E-state index < -0.39 is 0 Å². The molecule has 0 aromatic rings. The summed E-state index contributed by atoms with van der Waals surface area (Å²) in [5.74, 6) is 0.614. The third-order valence-corrected chi connectivity index (χ3v) is 4.23. The first-order valence-electron chi connectivity index (χ1n) is 6.77. The maximum Gasteiger partial charge on any atom is 0.0623 e. The van der Waals surface area contributed by atoms with Gasteiger partial charge < -0.3 is 20.1 Å². The summed E-state index contributed by atoms with van der Waals surface area (Å²) in [7, 11) is 2.02. The third kappa shape index (κ3) is 3.65. The summed E-state index contributed by atoms with van der Waals surface area (Å²) in [6.07, 6.45) is 2.35. The molecule has 17 heavy (non-hydrogen) atoms. The highest BCUT2D eigenvalue weighted by Gasteiger charge is 2.29. The van der Waals surface area contributed by atoms with Crippen molar-refractivity contribution in [2.24, 2.45) is 11.3 Å². The Hall–Kier alpha value is -0.160.